The van der Waals surface area contributed by atoms with E-state index in [2.05, 4.69) is 20.5 Å². The third kappa shape index (κ3) is 5.32. The Morgan fingerprint density at radius 3 is 2.87 bits per heavy atom. The largest absolute Gasteiger partial charge is 0.496 e. The van der Waals surface area contributed by atoms with Gasteiger partial charge in [-0.05, 0) is 50.5 Å². The zero-order valence-corrected chi connectivity index (χ0v) is 19.0. The molecule has 9 nitrogen and oxygen atoms in total. The van der Waals surface area contributed by atoms with E-state index in [0.717, 1.165) is 11.4 Å². The minimum atomic E-state index is -3.66. The van der Waals surface area contributed by atoms with Crippen molar-refractivity contribution in [1.29, 1.82) is 0 Å². The van der Waals surface area contributed by atoms with E-state index < -0.39 is 10.0 Å². The van der Waals surface area contributed by atoms with Crippen molar-refractivity contribution in [3.05, 3.63) is 29.6 Å². The van der Waals surface area contributed by atoms with E-state index in [1.54, 1.807) is 25.3 Å². The summed E-state index contributed by atoms with van der Waals surface area (Å²) in [7, 11) is -2.11. The molecule has 1 aliphatic rings. The smallest absolute Gasteiger partial charge is 0.243 e. The summed E-state index contributed by atoms with van der Waals surface area (Å²) in [6, 6.07) is 4.82. The van der Waals surface area contributed by atoms with Crippen molar-refractivity contribution in [2.24, 2.45) is 5.92 Å². The van der Waals surface area contributed by atoms with E-state index in [9.17, 15) is 13.2 Å². The van der Waals surface area contributed by atoms with Crippen LogP contribution in [0.25, 0.3) is 0 Å². The normalized spacial score (nSPS) is 17.6. The van der Waals surface area contributed by atoms with Gasteiger partial charge in [0.15, 0.2) is 0 Å². The molecule has 1 atom stereocenters. The second-order valence-corrected chi connectivity index (χ2v) is 10.2. The lowest BCUT2D eigenvalue weighted by atomic mass is 9.99. The highest BCUT2D eigenvalue weighted by Crippen LogP contribution is 2.27. The highest BCUT2D eigenvalue weighted by Gasteiger charge is 2.33. The number of aromatic amines is 1. The van der Waals surface area contributed by atoms with Crippen LogP contribution in [-0.4, -0.2) is 66.3 Å². The number of piperidine rings is 1. The monoisotopic (exact) mass is 453 g/mol. The molecule has 0 saturated carbocycles. The minimum Gasteiger partial charge on any atom is -0.496 e. The number of carbonyl (C=O) groups excluding carboxylic acids is 1. The Labute approximate surface area is 181 Å². The Balaban J connectivity index is 1.55. The molecule has 164 valence electrons. The van der Waals surface area contributed by atoms with E-state index in [1.807, 2.05) is 13.8 Å². The topological polar surface area (TPSA) is 117 Å². The van der Waals surface area contributed by atoms with Crippen molar-refractivity contribution < 1.29 is 17.9 Å². The van der Waals surface area contributed by atoms with E-state index in [0.29, 0.717) is 42.6 Å². The Bertz CT molecular complexity index is 993. The lowest BCUT2D eigenvalue weighted by Crippen LogP contribution is -2.45. The van der Waals surface area contributed by atoms with Gasteiger partial charge in [0.25, 0.3) is 0 Å². The first kappa shape index (κ1) is 22.6. The number of thioether (sulfide) groups is 1. The van der Waals surface area contributed by atoms with Crippen LogP contribution in [0.2, 0.25) is 0 Å². The van der Waals surface area contributed by atoms with Gasteiger partial charge in [-0.3, -0.25) is 9.89 Å². The van der Waals surface area contributed by atoms with E-state index in [4.69, 9.17) is 4.74 Å². The molecular formula is C19H27N5O4S2. The second kappa shape index (κ2) is 9.80. The van der Waals surface area contributed by atoms with Crippen molar-refractivity contribution in [2.45, 2.75) is 36.7 Å². The van der Waals surface area contributed by atoms with Gasteiger partial charge >= 0.3 is 0 Å². The molecule has 1 amide bonds. The maximum atomic E-state index is 13.1. The van der Waals surface area contributed by atoms with Crippen LogP contribution in [0.1, 0.15) is 24.2 Å². The summed E-state index contributed by atoms with van der Waals surface area (Å²) in [6.45, 7) is 4.71. The molecule has 0 radical (unpaired) electrons. The van der Waals surface area contributed by atoms with E-state index >= 15 is 0 Å². The van der Waals surface area contributed by atoms with Gasteiger partial charge in [0.1, 0.15) is 11.6 Å². The third-order valence-electron chi connectivity index (χ3n) is 4.97. The zero-order valence-electron chi connectivity index (χ0n) is 17.3. The average molecular weight is 454 g/mol. The summed E-state index contributed by atoms with van der Waals surface area (Å²) in [5.41, 5.74) is 0.754. The molecule has 1 saturated heterocycles. The molecule has 1 aromatic heterocycles. The summed E-state index contributed by atoms with van der Waals surface area (Å²) in [4.78, 5) is 17.0. The number of methoxy groups -OCH3 is 1. The molecule has 1 fully saturated rings. The van der Waals surface area contributed by atoms with Crippen molar-refractivity contribution >= 4 is 27.7 Å². The number of nitrogens with zero attached hydrogens (tertiary/aromatic N) is 3. The molecule has 2 aromatic rings. The Hall–Kier alpha value is -2.11. The van der Waals surface area contributed by atoms with Crippen molar-refractivity contribution in [1.82, 2.24) is 24.8 Å². The summed E-state index contributed by atoms with van der Waals surface area (Å²) in [5, 5.41) is 10.4. The predicted octanol–water partition coefficient (Wildman–Crippen LogP) is 1.74. The van der Waals surface area contributed by atoms with Crippen LogP contribution in [0, 0.1) is 19.8 Å². The number of aromatic nitrogens is 3. The maximum Gasteiger partial charge on any atom is 0.243 e. The Kier molecular flexibility index (Phi) is 7.37. The fraction of sp³-hybridized carbons (Fsp3) is 0.526. The van der Waals surface area contributed by atoms with Gasteiger partial charge in [-0.2, -0.15) is 4.31 Å². The number of rotatable bonds is 8. The molecule has 2 N–H and O–H groups in total. The highest BCUT2D eigenvalue weighted by atomic mass is 32.2. The van der Waals surface area contributed by atoms with Crippen LogP contribution < -0.4 is 10.1 Å². The van der Waals surface area contributed by atoms with Crippen LogP contribution in [0.15, 0.2) is 28.3 Å². The summed E-state index contributed by atoms with van der Waals surface area (Å²) >= 11 is 1.45. The molecule has 0 bridgehead atoms. The highest BCUT2D eigenvalue weighted by molar-refractivity contribution is 7.99. The van der Waals surface area contributed by atoms with Crippen molar-refractivity contribution in [2.75, 3.05) is 32.5 Å². The number of aryl methyl sites for hydroxylation is 2. The summed E-state index contributed by atoms with van der Waals surface area (Å²) in [6.07, 6.45) is 1.32. The van der Waals surface area contributed by atoms with Gasteiger partial charge in [-0.1, -0.05) is 11.8 Å². The standard InChI is InChI=1S/C19H27N5O4S2/c1-13-11-16(6-7-17(13)28-3)30(26,27)24-9-4-5-15(12-24)18(25)20-8-10-29-19-21-14(2)22-23-19/h6-7,11,15H,4-5,8-10,12H2,1-3H3,(H,20,25)(H,21,22,23)/t15-/m1/s1. The lowest BCUT2D eigenvalue weighted by molar-refractivity contribution is -0.125. The fourth-order valence-electron chi connectivity index (χ4n) is 3.38. The minimum absolute atomic E-state index is 0.118. The molecule has 3 rings (SSSR count). The number of carbonyl (C=O) groups is 1. The van der Waals surface area contributed by atoms with Gasteiger partial charge in [0.2, 0.25) is 21.1 Å². The fourth-order valence-corrected chi connectivity index (χ4v) is 5.69. The maximum absolute atomic E-state index is 13.1. The molecule has 0 unspecified atom stereocenters. The number of benzene rings is 1. The van der Waals surface area contributed by atoms with Gasteiger partial charge in [-0.25, -0.2) is 13.4 Å². The number of nitrogens with one attached hydrogen (secondary N) is 2. The molecule has 1 aromatic carbocycles. The first-order valence-corrected chi connectivity index (χ1v) is 12.2. The molecule has 1 aliphatic heterocycles. The number of sulfonamides is 1. The van der Waals surface area contributed by atoms with Crippen molar-refractivity contribution in [3.8, 4) is 5.75 Å². The number of hydrogen-bond acceptors (Lipinski definition) is 7. The van der Waals surface area contributed by atoms with E-state index in [-0.39, 0.29) is 23.3 Å². The first-order chi connectivity index (χ1) is 14.3. The molecular weight excluding hydrogens is 426 g/mol. The van der Waals surface area contributed by atoms with Gasteiger partial charge < -0.3 is 10.1 Å². The number of amides is 1. The molecule has 2 heterocycles. The quantitative estimate of drug-likeness (QED) is 0.462. The zero-order chi connectivity index (χ0) is 21.7. The number of ether oxygens (including phenoxy) is 1. The lowest BCUT2D eigenvalue weighted by Gasteiger charge is -2.31. The second-order valence-electron chi connectivity index (χ2n) is 7.18. The average Bonchev–Trinajstić information content (AvgIpc) is 3.16. The molecule has 0 spiro atoms. The third-order valence-corrected chi connectivity index (χ3v) is 7.68. The predicted molar refractivity (Wildman–Crippen MR) is 114 cm³/mol. The number of hydrogen-bond donors (Lipinski definition) is 2. The van der Waals surface area contributed by atoms with E-state index in [1.165, 1.54) is 16.1 Å². The molecule has 11 heteroatoms. The van der Waals surface area contributed by atoms with Crippen molar-refractivity contribution in [3.63, 3.8) is 0 Å². The van der Waals surface area contributed by atoms with Crippen LogP contribution in [0.3, 0.4) is 0 Å². The Morgan fingerprint density at radius 1 is 1.40 bits per heavy atom. The van der Waals surface area contributed by atoms with Gasteiger partial charge in [0, 0.05) is 25.4 Å². The SMILES string of the molecule is COc1ccc(S(=O)(=O)N2CCC[C@@H](C(=O)NCCSc3n[nH]c(C)n3)C2)cc1C. The number of H-pyrrole nitrogens is 1. The van der Waals surface area contributed by atoms with Crippen LogP contribution in [0.5, 0.6) is 5.75 Å². The molecule has 0 aliphatic carbocycles. The summed E-state index contributed by atoms with van der Waals surface area (Å²) in [5.74, 6) is 1.55. The Morgan fingerprint density at radius 2 is 2.20 bits per heavy atom. The van der Waals surface area contributed by atoms with Crippen LogP contribution in [-0.2, 0) is 14.8 Å². The first-order valence-electron chi connectivity index (χ1n) is 9.75. The van der Waals surface area contributed by atoms with Crippen LogP contribution in [0.4, 0.5) is 0 Å². The van der Waals surface area contributed by atoms with Gasteiger partial charge in [0.05, 0.1) is 17.9 Å². The summed E-state index contributed by atoms with van der Waals surface area (Å²) < 4.78 is 32.7. The van der Waals surface area contributed by atoms with Crippen LogP contribution >= 0.6 is 11.8 Å². The molecule has 30 heavy (non-hydrogen) atoms. The van der Waals surface area contributed by atoms with Gasteiger partial charge in [-0.15, -0.1) is 5.10 Å².